The van der Waals surface area contributed by atoms with Crippen molar-refractivity contribution in [2.24, 2.45) is 0 Å². The van der Waals surface area contributed by atoms with Gasteiger partial charge >= 0.3 is 0 Å². The van der Waals surface area contributed by atoms with Gasteiger partial charge in [0, 0.05) is 24.7 Å². The zero-order chi connectivity index (χ0) is 12.4. The molecule has 4 heteroatoms. The molecule has 0 aliphatic carbocycles. The van der Waals surface area contributed by atoms with Crippen LogP contribution in [0.4, 0.5) is 0 Å². The molecule has 0 radical (unpaired) electrons. The molecule has 0 spiro atoms. The van der Waals surface area contributed by atoms with Crippen LogP contribution in [0.2, 0.25) is 5.02 Å². The predicted molar refractivity (Wildman–Crippen MR) is 69.0 cm³/mol. The van der Waals surface area contributed by atoms with Crippen LogP contribution < -0.4 is 5.32 Å². The van der Waals surface area contributed by atoms with Crippen LogP contribution in [-0.2, 0) is 4.79 Å². The summed E-state index contributed by atoms with van der Waals surface area (Å²) in [6, 6.07) is 7.74. The maximum Gasteiger partial charge on any atom is 0.239 e. The van der Waals surface area contributed by atoms with Gasteiger partial charge in [0.25, 0.3) is 0 Å². The minimum Gasteiger partial charge on any atom is -0.344 e. The third kappa shape index (κ3) is 2.61. The molecule has 0 bridgehead atoms. The molecule has 1 N–H and O–H groups in total. The molecule has 1 fully saturated rings. The highest BCUT2D eigenvalue weighted by Crippen LogP contribution is 2.23. The molecular formula is C13H17ClN2O. The number of hydrogen-bond donors (Lipinski definition) is 1. The summed E-state index contributed by atoms with van der Waals surface area (Å²) in [5.41, 5.74) is 1.04. The lowest BCUT2D eigenvalue weighted by Crippen LogP contribution is -2.38. The van der Waals surface area contributed by atoms with Crippen LogP contribution in [0.5, 0.6) is 0 Å². The van der Waals surface area contributed by atoms with Crippen molar-refractivity contribution in [3.63, 3.8) is 0 Å². The molecule has 17 heavy (non-hydrogen) atoms. The van der Waals surface area contributed by atoms with Gasteiger partial charge in [-0.25, -0.2) is 0 Å². The van der Waals surface area contributed by atoms with Crippen LogP contribution >= 0.6 is 11.6 Å². The molecule has 1 amide bonds. The van der Waals surface area contributed by atoms with Crippen molar-refractivity contribution < 1.29 is 4.79 Å². The molecule has 2 unspecified atom stereocenters. The Hall–Kier alpha value is -1.06. The van der Waals surface area contributed by atoms with E-state index in [0.717, 1.165) is 23.6 Å². The van der Waals surface area contributed by atoms with E-state index in [1.54, 1.807) is 4.90 Å². The maximum atomic E-state index is 11.8. The number of likely N-dealkylation sites (tertiary alicyclic amines) is 1. The molecule has 1 heterocycles. The Balaban J connectivity index is 2.05. The topological polar surface area (TPSA) is 32.3 Å². The lowest BCUT2D eigenvalue weighted by Gasteiger charge is -2.19. The van der Waals surface area contributed by atoms with Crippen LogP contribution in [0.3, 0.4) is 0 Å². The number of likely N-dealkylation sites (N-methyl/N-ethyl adjacent to an activating group) is 1. The molecule has 2 rings (SSSR count). The van der Waals surface area contributed by atoms with Gasteiger partial charge in [0.05, 0.1) is 6.04 Å². The lowest BCUT2D eigenvalue weighted by molar-refractivity contribution is -0.128. The van der Waals surface area contributed by atoms with Gasteiger partial charge in [-0.1, -0.05) is 29.8 Å². The summed E-state index contributed by atoms with van der Waals surface area (Å²) in [5, 5.41) is 4.08. The number of rotatable bonds is 3. The average Bonchev–Trinajstić information content (AvgIpc) is 2.61. The highest BCUT2D eigenvalue weighted by atomic mass is 35.5. The van der Waals surface area contributed by atoms with Gasteiger partial charge in [-0.2, -0.15) is 0 Å². The van der Waals surface area contributed by atoms with Gasteiger partial charge in [0.15, 0.2) is 0 Å². The number of amides is 1. The fourth-order valence-corrected chi connectivity index (χ4v) is 2.49. The fraction of sp³-hybridized carbons (Fsp3) is 0.462. The van der Waals surface area contributed by atoms with E-state index in [4.69, 9.17) is 11.6 Å². The van der Waals surface area contributed by atoms with E-state index in [1.165, 1.54) is 0 Å². The monoisotopic (exact) mass is 252 g/mol. The number of halogens is 1. The molecule has 0 saturated carbocycles. The highest BCUT2D eigenvalue weighted by Gasteiger charge is 2.30. The smallest absolute Gasteiger partial charge is 0.239 e. The molecule has 1 aliphatic heterocycles. The number of hydrogen-bond acceptors (Lipinski definition) is 2. The average molecular weight is 253 g/mol. The second kappa shape index (κ2) is 5.07. The minimum absolute atomic E-state index is 0.0775. The third-order valence-corrected chi connectivity index (χ3v) is 3.59. The zero-order valence-corrected chi connectivity index (χ0v) is 10.9. The minimum atomic E-state index is -0.0775. The van der Waals surface area contributed by atoms with E-state index in [2.05, 4.69) is 5.32 Å². The normalized spacial score (nSPS) is 21.9. The summed E-state index contributed by atoms with van der Waals surface area (Å²) >= 11 is 6.13. The van der Waals surface area contributed by atoms with E-state index in [1.807, 2.05) is 38.2 Å². The Labute approximate surface area is 107 Å². The molecule has 0 aromatic heterocycles. The SMILES string of the molecule is CC(NC1CCN(C)C1=O)c1ccccc1Cl. The number of nitrogens with one attached hydrogen (secondary N) is 1. The second-order valence-corrected chi connectivity index (χ2v) is 4.92. The molecule has 2 atom stereocenters. The largest absolute Gasteiger partial charge is 0.344 e. The van der Waals surface area contributed by atoms with E-state index in [9.17, 15) is 4.79 Å². The van der Waals surface area contributed by atoms with Crippen LogP contribution in [-0.4, -0.2) is 30.4 Å². The maximum absolute atomic E-state index is 11.8. The van der Waals surface area contributed by atoms with E-state index >= 15 is 0 Å². The molecule has 1 saturated heterocycles. The van der Waals surface area contributed by atoms with Crippen molar-refractivity contribution in [3.05, 3.63) is 34.9 Å². The first kappa shape index (κ1) is 12.4. The van der Waals surface area contributed by atoms with Crippen molar-refractivity contribution in [2.75, 3.05) is 13.6 Å². The number of carbonyl (C=O) groups excluding carboxylic acids is 1. The van der Waals surface area contributed by atoms with Gasteiger partial charge in [-0.3, -0.25) is 10.1 Å². The van der Waals surface area contributed by atoms with Crippen molar-refractivity contribution in [1.29, 1.82) is 0 Å². The second-order valence-electron chi connectivity index (χ2n) is 4.51. The van der Waals surface area contributed by atoms with Crippen molar-refractivity contribution in [1.82, 2.24) is 10.2 Å². The van der Waals surface area contributed by atoms with E-state index < -0.39 is 0 Å². The quantitative estimate of drug-likeness (QED) is 0.895. The van der Waals surface area contributed by atoms with E-state index in [0.29, 0.717) is 0 Å². The van der Waals surface area contributed by atoms with Crippen molar-refractivity contribution in [3.8, 4) is 0 Å². The van der Waals surface area contributed by atoms with Crippen LogP contribution in [0, 0.1) is 0 Å². The summed E-state index contributed by atoms with van der Waals surface area (Å²) in [5.74, 6) is 0.170. The summed E-state index contributed by atoms with van der Waals surface area (Å²) in [7, 11) is 1.84. The Kier molecular flexibility index (Phi) is 3.69. The summed E-state index contributed by atoms with van der Waals surface area (Å²) < 4.78 is 0. The van der Waals surface area contributed by atoms with Gasteiger partial charge in [-0.05, 0) is 25.0 Å². The fourth-order valence-electron chi connectivity index (χ4n) is 2.19. The Morgan fingerprint density at radius 3 is 2.76 bits per heavy atom. The molecule has 1 aromatic carbocycles. The summed E-state index contributed by atoms with van der Waals surface area (Å²) in [6.45, 7) is 2.86. The molecule has 3 nitrogen and oxygen atoms in total. The van der Waals surface area contributed by atoms with Crippen LogP contribution in [0.1, 0.15) is 24.9 Å². The first-order chi connectivity index (χ1) is 8.09. The van der Waals surface area contributed by atoms with Crippen LogP contribution in [0.25, 0.3) is 0 Å². The zero-order valence-electron chi connectivity index (χ0n) is 10.1. The first-order valence-corrected chi connectivity index (χ1v) is 6.23. The Morgan fingerprint density at radius 2 is 2.18 bits per heavy atom. The van der Waals surface area contributed by atoms with Gasteiger partial charge in [-0.15, -0.1) is 0 Å². The molecule has 1 aromatic rings. The van der Waals surface area contributed by atoms with Gasteiger partial charge < -0.3 is 4.90 Å². The molecule has 92 valence electrons. The standard InChI is InChI=1S/C13H17ClN2O/c1-9(10-5-3-4-6-11(10)14)15-12-7-8-16(2)13(12)17/h3-6,9,12,15H,7-8H2,1-2H3. The van der Waals surface area contributed by atoms with Gasteiger partial charge in [0.2, 0.25) is 5.91 Å². The number of benzene rings is 1. The number of nitrogens with zero attached hydrogens (tertiary/aromatic N) is 1. The predicted octanol–water partition coefficient (Wildman–Crippen LogP) is 2.22. The van der Waals surface area contributed by atoms with Crippen molar-refractivity contribution >= 4 is 17.5 Å². The Bertz CT molecular complexity index is 422. The molecular weight excluding hydrogens is 236 g/mol. The van der Waals surface area contributed by atoms with E-state index in [-0.39, 0.29) is 18.0 Å². The van der Waals surface area contributed by atoms with Gasteiger partial charge in [0.1, 0.15) is 0 Å². The summed E-state index contributed by atoms with van der Waals surface area (Å²) in [6.07, 6.45) is 0.865. The number of carbonyl (C=O) groups is 1. The lowest BCUT2D eigenvalue weighted by atomic mass is 10.1. The van der Waals surface area contributed by atoms with Crippen molar-refractivity contribution in [2.45, 2.75) is 25.4 Å². The summed E-state index contributed by atoms with van der Waals surface area (Å²) in [4.78, 5) is 13.5. The Morgan fingerprint density at radius 1 is 1.47 bits per heavy atom. The van der Waals surface area contributed by atoms with Crippen LogP contribution in [0.15, 0.2) is 24.3 Å². The molecule has 1 aliphatic rings. The highest BCUT2D eigenvalue weighted by molar-refractivity contribution is 6.31. The third-order valence-electron chi connectivity index (χ3n) is 3.25. The first-order valence-electron chi connectivity index (χ1n) is 5.85.